The predicted molar refractivity (Wildman–Crippen MR) is 76.0 cm³/mol. The van der Waals surface area contributed by atoms with Crippen LogP contribution in [-0.2, 0) is 0 Å². The third-order valence-electron chi connectivity index (χ3n) is 3.15. The normalized spacial score (nSPS) is 11.1. The number of rotatable bonds is 1. The molecule has 0 saturated heterocycles. The molecule has 96 valence electrons. The molecule has 1 aliphatic heterocycles. The first-order valence-electron chi connectivity index (χ1n) is 6.07. The van der Waals surface area contributed by atoms with Gasteiger partial charge in [0, 0.05) is 31.9 Å². The Labute approximate surface area is 110 Å². The first-order valence-corrected chi connectivity index (χ1v) is 6.07. The van der Waals surface area contributed by atoms with Gasteiger partial charge in [-0.2, -0.15) is 0 Å². The van der Waals surface area contributed by atoms with E-state index in [9.17, 15) is 4.79 Å². The highest BCUT2D eigenvalue weighted by molar-refractivity contribution is 5.80. The molecule has 4 heteroatoms. The maximum atomic E-state index is 11.5. The number of hydrogen-bond donors (Lipinski definition) is 0. The summed E-state index contributed by atoms with van der Waals surface area (Å²) in [5.41, 5.74) is 4.03. The fourth-order valence-electron chi connectivity index (χ4n) is 2.13. The first kappa shape index (κ1) is 11.7. The second-order valence-corrected chi connectivity index (χ2v) is 4.85. The molecule has 2 aliphatic rings. The molecule has 4 nitrogen and oxygen atoms in total. The van der Waals surface area contributed by atoms with Crippen LogP contribution in [0.4, 0.5) is 5.69 Å². The minimum atomic E-state index is -0.0568. The highest BCUT2D eigenvalue weighted by atomic mass is 16.3. The fraction of sp³-hybridized carbons (Fsp3) is 0.200. The summed E-state index contributed by atoms with van der Waals surface area (Å²) in [6.07, 6.45) is 0. The van der Waals surface area contributed by atoms with Crippen LogP contribution in [0.2, 0.25) is 0 Å². The maximum Gasteiger partial charge on any atom is 0.182 e. The Morgan fingerprint density at radius 3 is 2.68 bits per heavy atom. The van der Waals surface area contributed by atoms with Crippen LogP contribution < -0.4 is 10.3 Å². The van der Waals surface area contributed by atoms with E-state index >= 15 is 0 Å². The summed E-state index contributed by atoms with van der Waals surface area (Å²) < 4.78 is 5.81. The van der Waals surface area contributed by atoms with E-state index in [1.165, 1.54) is 6.07 Å². The second kappa shape index (κ2) is 4.09. The monoisotopic (exact) mass is 254 g/mol. The van der Waals surface area contributed by atoms with E-state index in [-0.39, 0.29) is 5.43 Å². The highest BCUT2D eigenvalue weighted by Crippen LogP contribution is 2.28. The molecule has 1 heterocycles. The van der Waals surface area contributed by atoms with Crippen LogP contribution in [0.3, 0.4) is 0 Å². The van der Waals surface area contributed by atoms with Crippen molar-refractivity contribution < 1.29 is 4.42 Å². The van der Waals surface area contributed by atoms with Gasteiger partial charge >= 0.3 is 0 Å². The van der Waals surface area contributed by atoms with Gasteiger partial charge in [-0.1, -0.05) is 0 Å². The van der Waals surface area contributed by atoms with Crippen molar-refractivity contribution in [3.63, 3.8) is 0 Å². The Kier molecular flexibility index (Phi) is 2.52. The second-order valence-electron chi connectivity index (χ2n) is 4.85. The Hall–Kier alpha value is -2.36. The molecule has 1 aromatic carbocycles. The van der Waals surface area contributed by atoms with Gasteiger partial charge < -0.3 is 9.32 Å². The van der Waals surface area contributed by atoms with Gasteiger partial charge in [-0.3, -0.25) is 4.79 Å². The van der Waals surface area contributed by atoms with Crippen molar-refractivity contribution in [2.24, 2.45) is 0 Å². The maximum absolute atomic E-state index is 11.5. The van der Waals surface area contributed by atoms with E-state index in [1.54, 1.807) is 6.07 Å². The lowest BCUT2D eigenvalue weighted by Gasteiger charge is -2.13. The van der Waals surface area contributed by atoms with Crippen molar-refractivity contribution >= 4 is 16.8 Å². The summed E-state index contributed by atoms with van der Waals surface area (Å²) in [4.78, 5) is 18.1. The van der Waals surface area contributed by atoms with Crippen LogP contribution in [0.1, 0.15) is 5.56 Å². The quantitative estimate of drug-likeness (QED) is 0.626. The van der Waals surface area contributed by atoms with E-state index in [1.807, 2.05) is 44.1 Å². The summed E-state index contributed by atoms with van der Waals surface area (Å²) in [6, 6.07) is 8.91. The summed E-state index contributed by atoms with van der Waals surface area (Å²) in [6.45, 7) is 1.87. The molecule has 0 radical (unpaired) electrons. The molecule has 3 rings (SSSR count). The Morgan fingerprint density at radius 2 is 1.95 bits per heavy atom. The molecule has 0 unspecified atom stereocenters. The lowest BCUT2D eigenvalue weighted by molar-refractivity contribution is 0.611. The molecule has 0 saturated carbocycles. The van der Waals surface area contributed by atoms with Gasteiger partial charge in [0.15, 0.2) is 16.8 Å². The Morgan fingerprint density at radius 1 is 1.16 bits per heavy atom. The molecule has 1 aromatic rings. The van der Waals surface area contributed by atoms with Crippen molar-refractivity contribution in [1.82, 2.24) is 4.98 Å². The summed E-state index contributed by atoms with van der Waals surface area (Å²) >= 11 is 0. The highest BCUT2D eigenvalue weighted by Gasteiger charge is 2.13. The third-order valence-corrected chi connectivity index (χ3v) is 3.15. The molecular weight excluding hydrogens is 240 g/mol. The zero-order valence-electron chi connectivity index (χ0n) is 11.1. The number of anilines is 1. The molecule has 0 fully saturated rings. The van der Waals surface area contributed by atoms with Crippen LogP contribution in [0.5, 0.6) is 0 Å². The molecule has 0 N–H and O–H groups in total. The first-order chi connectivity index (χ1) is 9.04. The number of benzene rings is 2. The molecule has 19 heavy (non-hydrogen) atoms. The minimum absolute atomic E-state index is 0.0568. The lowest BCUT2D eigenvalue weighted by atomic mass is 10.1. The number of nitrogens with zero attached hydrogens (tertiary/aromatic N) is 2. The molecule has 0 aromatic heterocycles. The molecule has 0 bridgehead atoms. The van der Waals surface area contributed by atoms with Crippen molar-refractivity contribution in [3.05, 3.63) is 46.1 Å². The van der Waals surface area contributed by atoms with Gasteiger partial charge in [-0.25, -0.2) is 4.98 Å². The largest absolute Gasteiger partial charge is 0.453 e. The topological polar surface area (TPSA) is 46.3 Å². The van der Waals surface area contributed by atoms with Crippen molar-refractivity contribution in [2.75, 3.05) is 19.0 Å². The molecule has 0 spiro atoms. The van der Waals surface area contributed by atoms with Crippen molar-refractivity contribution in [1.29, 1.82) is 0 Å². The van der Waals surface area contributed by atoms with E-state index in [0.717, 1.165) is 22.5 Å². The zero-order chi connectivity index (χ0) is 13.6. The molecule has 0 atom stereocenters. The lowest BCUT2D eigenvalue weighted by Crippen LogP contribution is -2.08. The van der Waals surface area contributed by atoms with Crippen LogP contribution in [-0.4, -0.2) is 19.1 Å². The van der Waals surface area contributed by atoms with Gasteiger partial charge in [-0.05, 0) is 30.7 Å². The predicted octanol–water partition coefficient (Wildman–Crippen LogP) is 2.67. The summed E-state index contributed by atoms with van der Waals surface area (Å²) in [5, 5.41) is 0. The summed E-state index contributed by atoms with van der Waals surface area (Å²) in [5.74, 6) is 0.536. The van der Waals surface area contributed by atoms with E-state index in [4.69, 9.17) is 4.42 Å². The summed E-state index contributed by atoms with van der Waals surface area (Å²) in [7, 11) is 3.94. The minimum Gasteiger partial charge on any atom is -0.453 e. The van der Waals surface area contributed by atoms with Gasteiger partial charge in [0.25, 0.3) is 0 Å². The van der Waals surface area contributed by atoms with Gasteiger partial charge in [0.05, 0.1) is 0 Å². The molecular formula is C15H14N2O2. The van der Waals surface area contributed by atoms with Gasteiger partial charge in [0.2, 0.25) is 0 Å². The van der Waals surface area contributed by atoms with Gasteiger partial charge in [-0.15, -0.1) is 0 Å². The van der Waals surface area contributed by atoms with Crippen LogP contribution in [0.25, 0.3) is 22.6 Å². The average molecular weight is 254 g/mol. The molecule has 0 amide bonds. The van der Waals surface area contributed by atoms with Crippen LogP contribution in [0.15, 0.2) is 39.5 Å². The fourth-order valence-corrected chi connectivity index (χ4v) is 2.13. The van der Waals surface area contributed by atoms with Crippen molar-refractivity contribution in [3.8, 4) is 11.5 Å². The standard InChI is InChI=1S/C15H14N2O2/c1-9-6-11(18)8-14-15(9)16-12-5-4-10(17(2)3)7-13(12)19-14/h4-8H,1-3H3. The Bertz CT molecular complexity index is 790. The SMILES string of the molecule is Cc1cc(=O)cc2oc3cc(N(C)C)ccc3nc1-2. The third kappa shape index (κ3) is 1.95. The van der Waals surface area contributed by atoms with E-state index in [2.05, 4.69) is 4.98 Å². The Balaban J connectivity index is 2.36. The smallest absolute Gasteiger partial charge is 0.182 e. The number of hydrogen-bond acceptors (Lipinski definition) is 4. The van der Waals surface area contributed by atoms with Gasteiger partial charge in [0.1, 0.15) is 11.2 Å². The zero-order valence-corrected chi connectivity index (χ0v) is 11.1. The number of aryl methyl sites for hydroxylation is 1. The van der Waals surface area contributed by atoms with E-state index < -0.39 is 0 Å². The number of aromatic nitrogens is 1. The van der Waals surface area contributed by atoms with Crippen molar-refractivity contribution in [2.45, 2.75) is 6.92 Å². The molecule has 1 aliphatic carbocycles. The van der Waals surface area contributed by atoms with Crippen LogP contribution >= 0.6 is 0 Å². The number of fused-ring (bicyclic) bond motifs is 2. The van der Waals surface area contributed by atoms with Crippen LogP contribution in [0, 0.1) is 6.92 Å². The van der Waals surface area contributed by atoms with E-state index in [0.29, 0.717) is 11.3 Å². The average Bonchev–Trinajstić information content (AvgIpc) is 2.35.